The van der Waals surface area contributed by atoms with Gasteiger partial charge in [-0.3, -0.25) is 9.38 Å². The zero-order valence-corrected chi connectivity index (χ0v) is 14.5. The summed E-state index contributed by atoms with van der Waals surface area (Å²) in [5.41, 5.74) is 7.46. The van der Waals surface area contributed by atoms with E-state index in [1.807, 2.05) is 6.20 Å². The summed E-state index contributed by atoms with van der Waals surface area (Å²) < 4.78 is 2.30. The van der Waals surface area contributed by atoms with Gasteiger partial charge in [0, 0.05) is 18.5 Å². The van der Waals surface area contributed by atoms with Crippen LogP contribution in [0.4, 0.5) is 0 Å². The topological polar surface area (TPSA) is 30.2 Å². The molecule has 0 spiro atoms. The number of imidazole rings is 1. The van der Waals surface area contributed by atoms with Crippen LogP contribution in [0.1, 0.15) is 60.7 Å². The van der Waals surface area contributed by atoms with Gasteiger partial charge in [-0.25, -0.2) is 4.98 Å². The van der Waals surface area contributed by atoms with Gasteiger partial charge in [0.2, 0.25) is 0 Å². The maximum absolute atomic E-state index is 4.93. The van der Waals surface area contributed by atoms with E-state index in [2.05, 4.69) is 47.0 Å². The first-order valence-corrected chi connectivity index (χ1v) is 9.49. The van der Waals surface area contributed by atoms with Crippen molar-refractivity contribution in [1.82, 2.24) is 14.4 Å². The third-order valence-electron chi connectivity index (χ3n) is 5.71. The average Bonchev–Trinajstić information content (AvgIpc) is 3.27. The Morgan fingerprint density at radius 2 is 1.88 bits per heavy atom. The van der Waals surface area contributed by atoms with E-state index in [-0.39, 0.29) is 0 Å². The molecular formula is C22H23N3. The molecule has 3 heteroatoms. The van der Waals surface area contributed by atoms with Crippen LogP contribution in [0.3, 0.4) is 0 Å². The van der Waals surface area contributed by atoms with Crippen LogP contribution in [0.15, 0.2) is 48.8 Å². The predicted octanol–water partition coefficient (Wildman–Crippen LogP) is 4.96. The standard InChI is InChI=1S/C22H23N3/c1-3-7-16(8-4-1)13-18-11-12-19-22(18)25-15-20(24-21(25)14-23-19)17-9-5-2-6-10-17/h1,3-4,7-8,11,14-15,17H,2,5-6,9-10,12-13H2. The Kier molecular flexibility index (Phi) is 3.66. The van der Waals surface area contributed by atoms with E-state index in [1.54, 1.807) is 0 Å². The highest BCUT2D eigenvalue weighted by Crippen LogP contribution is 2.34. The van der Waals surface area contributed by atoms with Crippen molar-refractivity contribution in [1.29, 1.82) is 0 Å². The van der Waals surface area contributed by atoms with Gasteiger partial charge in [-0.1, -0.05) is 55.7 Å². The smallest absolute Gasteiger partial charge is 0.156 e. The fraction of sp³-hybridized carbons (Fsp3) is 0.364. The lowest BCUT2D eigenvalue weighted by molar-refractivity contribution is 0.438. The summed E-state index contributed by atoms with van der Waals surface area (Å²) in [7, 11) is 0. The lowest BCUT2D eigenvalue weighted by Crippen LogP contribution is -2.04. The van der Waals surface area contributed by atoms with Gasteiger partial charge < -0.3 is 0 Å². The number of fused-ring (bicyclic) bond motifs is 3. The zero-order valence-electron chi connectivity index (χ0n) is 14.5. The minimum atomic E-state index is 0.632. The Hall–Kier alpha value is -2.42. The molecule has 0 amide bonds. The van der Waals surface area contributed by atoms with Crippen molar-refractivity contribution in [3.05, 3.63) is 71.4 Å². The van der Waals surface area contributed by atoms with Gasteiger partial charge in [0.05, 0.1) is 23.3 Å². The Morgan fingerprint density at radius 1 is 1.04 bits per heavy atom. The maximum Gasteiger partial charge on any atom is 0.156 e. The van der Waals surface area contributed by atoms with Crippen molar-refractivity contribution < 1.29 is 0 Å². The number of hydrogen-bond donors (Lipinski definition) is 0. The predicted molar refractivity (Wildman–Crippen MR) is 101 cm³/mol. The fourth-order valence-electron chi connectivity index (χ4n) is 4.39. The van der Waals surface area contributed by atoms with Crippen LogP contribution < -0.4 is 0 Å². The zero-order chi connectivity index (χ0) is 16.6. The molecule has 1 fully saturated rings. The summed E-state index contributed by atoms with van der Waals surface area (Å²) in [4.78, 5) is 9.63. The monoisotopic (exact) mass is 329 g/mol. The number of rotatable bonds is 3. The van der Waals surface area contributed by atoms with Crippen molar-refractivity contribution in [3.63, 3.8) is 0 Å². The highest BCUT2D eigenvalue weighted by molar-refractivity contribution is 5.73. The van der Waals surface area contributed by atoms with E-state index in [9.17, 15) is 0 Å². The molecule has 2 heterocycles. The number of aromatic nitrogens is 3. The molecule has 0 unspecified atom stereocenters. The minimum Gasteiger partial charge on any atom is -0.297 e. The fourth-order valence-corrected chi connectivity index (χ4v) is 4.39. The van der Waals surface area contributed by atoms with Gasteiger partial charge in [0.1, 0.15) is 0 Å². The van der Waals surface area contributed by atoms with Gasteiger partial charge in [0.15, 0.2) is 5.65 Å². The third-order valence-corrected chi connectivity index (χ3v) is 5.71. The molecule has 126 valence electrons. The maximum atomic E-state index is 4.93. The molecule has 0 aliphatic heterocycles. The summed E-state index contributed by atoms with van der Waals surface area (Å²) in [5.74, 6) is 0.632. The molecule has 3 aromatic rings. The first-order valence-electron chi connectivity index (χ1n) is 9.49. The minimum absolute atomic E-state index is 0.632. The molecule has 5 rings (SSSR count). The molecule has 0 atom stereocenters. The molecule has 1 aromatic carbocycles. The first kappa shape index (κ1) is 14.9. The van der Waals surface area contributed by atoms with Crippen molar-refractivity contribution >= 4 is 11.2 Å². The average molecular weight is 329 g/mol. The lowest BCUT2D eigenvalue weighted by Gasteiger charge is -2.19. The molecule has 0 bridgehead atoms. The summed E-state index contributed by atoms with van der Waals surface area (Å²) >= 11 is 0. The first-order chi connectivity index (χ1) is 12.4. The van der Waals surface area contributed by atoms with Gasteiger partial charge >= 0.3 is 0 Å². The van der Waals surface area contributed by atoms with Gasteiger partial charge in [0.25, 0.3) is 0 Å². The number of benzene rings is 1. The van der Waals surface area contributed by atoms with Crippen LogP contribution in [-0.4, -0.2) is 14.4 Å². The van der Waals surface area contributed by atoms with Crippen molar-refractivity contribution in [2.45, 2.75) is 50.9 Å². The summed E-state index contributed by atoms with van der Waals surface area (Å²) in [6, 6.07) is 10.7. The molecule has 2 aliphatic carbocycles. The SMILES string of the molecule is C1=C(Cc2ccccc2)c2c(ncc3nc(C4CCCCC4)cn23)C1. The van der Waals surface area contributed by atoms with E-state index < -0.39 is 0 Å². The van der Waals surface area contributed by atoms with Crippen LogP contribution in [0.25, 0.3) is 11.2 Å². The Balaban J connectivity index is 1.54. The van der Waals surface area contributed by atoms with Crippen molar-refractivity contribution in [2.24, 2.45) is 0 Å². The summed E-state index contributed by atoms with van der Waals surface area (Å²) in [6.07, 6.45) is 15.1. The van der Waals surface area contributed by atoms with E-state index in [1.165, 1.54) is 60.3 Å². The van der Waals surface area contributed by atoms with E-state index in [0.29, 0.717) is 5.92 Å². The molecule has 3 nitrogen and oxygen atoms in total. The Labute approximate surface area is 148 Å². The van der Waals surface area contributed by atoms with Gasteiger partial charge in [-0.2, -0.15) is 0 Å². The van der Waals surface area contributed by atoms with Gasteiger partial charge in [-0.15, -0.1) is 0 Å². The second-order valence-corrected chi connectivity index (χ2v) is 7.38. The van der Waals surface area contributed by atoms with Crippen LogP contribution >= 0.6 is 0 Å². The summed E-state index contributed by atoms with van der Waals surface area (Å²) in [5, 5.41) is 0. The normalized spacial score (nSPS) is 17.7. The van der Waals surface area contributed by atoms with Gasteiger partial charge in [-0.05, 0) is 30.4 Å². The molecule has 1 saturated carbocycles. The molecule has 25 heavy (non-hydrogen) atoms. The molecule has 2 aromatic heterocycles. The van der Waals surface area contributed by atoms with Crippen molar-refractivity contribution in [3.8, 4) is 0 Å². The highest BCUT2D eigenvalue weighted by atomic mass is 15.0. The van der Waals surface area contributed by atoms with E-state index >= 15 is 0 Å². The molecular weight excluding hydrogens is 306 g/mol. The molecule has 2 aliphatic rings. The Morgan fingerprint density at radius 3 is 2.72 bits per heavy atom. The van der Waals surface area contributed by atoms with Crippen LogP contribution in [0.2, 0.25) is 0 Å². The second-order valence-electron chi connectivity index (χ2n) is 7.38. The molecule has 0 radical (unpaired) electrons. The van der Waals surface area contributed by atoms with Crippen molar-refractivity contribution in [2.75, 3.05) is 0 Å². The van der Waals surface area contributed by atoms with Crippen LogP contribution in [0.5, 0.6) is 0 Å². The van der Waals surface area contributed by atoms with Crippen LogP contribution in [-0.2, 0) is 12.8 Å². The largest absolute Gasteiger partial charge is 0.297 e. The van der Waals surface area contributed by atoms with E-state index in [0.717, 1.165) is 18.5 Å². The van der Waals surface area contributed by atoms with E-state index in [4.69, 9.17) is 9.97 Å². The highest BCUT2D eigenvalue weighted by Gasteiger charge is 2.23. The number of nitrogens with zero attached hydrogens (tertiary/aromatic N) is 3. The Bertz CT molecular complexity index is 931. The molecule has 0 N–H and O–H groups in total. The third kappa shape index (κ3) is 2.68. The molecule has 0 saturated heterocycles. The lowest BCUT2D eigenvalue weighted by atomic mass is 9.87. The summed E-state index contributed by atoms with van der Waals surface area (Å²) in [6.45, 7) is 0. The number of allylic oxidation sites excluding steroid dienone is 2. The van der Waals surface area contributed by atoms with Crippen LogP contribution in [0, 0.1) is 0 Å². The number of hydrogen-bond acceptors (Lipinski definition) is 2. The quantitative estimate of drug-likeness (QED) is 0.680. The second kappa shape index (κ2) is 6.14.